The number of amides is 1. The molecule has 4 heteroatoms. The fourth-order valence-electron chi connectivity index (χ4n) is 1.60. The largest absolute Gasteiger partial charge is 0.275 e. The Morgan fingerprint density at radius 2 is 2.12 bits per heavy atom. The van der Waals surface area contributed by atoms with E-state index in [-0.39, 0.29) is 11.3 Å². The minimum Gasteiger partial charge on any atom is -0.275 e. The summed E-state index contributed by atoms with van der Waals surface area (Å²) in [7, 11) is 3.08. The maximum atomic E-state index is 11.8. The lowest BCUT2D eigenvalue weighted by atomic mass is 9.81. The Kier molecular flexibility index (Phi) is 4.54. The molecule has 0 saturated heterocycles. The van der Waals surface area contributed by atoms with Crippen LogP contribution >= 0.6 is 11.6 Å². The van der Waals surface area contributed by atoms with Crippen LogP contribution in [0.5, 0.6) is 0 Å². The molecule has 0 fully saturated rings. The van der Waals surface area contributed by atoms with E-state index in [1.807, 2.05) is 38.1 Å². The molecule has 0 aliphatic heterocycles. The van der Waals surface area contributed by atoms with Gasteiger partial charge >= 0.3 is 0 Å². The number of halogens is 1. The number of hydrogen-bond donors (Lipinski definition) is 0. The molecule has 94 valence electrons. The molecule has 0 bridgehead atoms. The van der Waals surface area contributed by atoms with Crippen molar-refractivity contribution in [2.45, 2.75) is 25.7 Å². The minimum atomic E-state index is -0.269. The third-order valence-electron chi connectivity index (χ3n) is 2.82. The molecule has 17 heavy (non-hydrogen) atoms. The van der Waals surface area contributed by atoms with E-state index in [9.17, 15) is 4.79 Å². The predicted octanol–water partition coefficient (Wildman–Crippen LogP) is 3.03. The molecule has 1 amide bonds. The summed E-state index contributed by atoms with van der Waals surface area (Å²) >= 11 is 5.96. The third kappa shape index (κ3) is 3.72. The molecule has 0 aliphatic rings. The van der Waals surface area contributed by atoms with Crippen LogP contribution in [0.1, 0.15) is 25.8 Å². The van der Waals surface area contributed by atoms with Crippen molar-refractivity contribution >= 4 is 17.5 Å². The zero-order valence-electron chi connectivity index (χ0n) is 10.7. The summed E-state index contributed by atoms with van der Waals surface area (Å²) in [6.07, 6.45) is 0.373. The number of rotatable bonds is 4. The van der Waals surface area contributed by atoms with E-state index >= 15 is 0 Å². The average Bonchev–Trinajstić information content (AvgIpc) is 2.27. The highest BCUT2D eigenvalue weighted by Gasteiger charge is 2.26. The summed E-state index contributed by atoms with van der Waals surface area (Å²) in [6.45, 7) is 4.03. The predicted molar refractivity (Wildman–Crippen MR) is 68.9 cm³/mol. The standard InChI is InChI=1S/C13H18ClNO2/c1-13(2,9-12(16)15(3)17-4)10-6-5-7-11(14)8-10/h5-8H,9H2,1-4H3. The number of hydrogen-bond acceptors (Lipinski definition) is 2. The number of hydroxylamine groups is 2. The van der Waals surface area contributed by atoms with E-state index in [1.54, 1.807) is 7.05 Å². The molecule has 1 aromatic carbocycles. The van der Waals surface area contributed by atoms with Gasteiger partial charge in [0.25, 0.3) is 0 Å². The second-order valence-electron chi connectivity index (χ2n) is 4.64. The van der Waals surface area contributed by atoms with Crippen LogP contribution in [0.3, 0.4) is 0 Å². The number of carbonyl (C=O) groups is 1. The maximum absolute atomic E-state index is 11.8. The van der Waals surface area contributed by atoms with Gasteiger partial charge in [0.05, 0.1) is 7.11 Å². The topological polar surface area (TPSA) is 29.5 Å². The zero-order valence-corrected chi connectivity index (χ0v) is 11.4. The van der Waals surface area contributed by atoms with E-state index in [0.29, 0.717) is 11.4 Å². The van der Waals surface area contributed by atoms with Gasteiger partial charge in [-0.05, 0) is 23.1 Å². The highest BCUT2D eigenvalue weighted by Crippen LogP contribution is 2.29. The van der Waals surface area contributed by atoms with E-state index in [1.165, 1.54) is 12.2 Å². The van der Waals surface area contributed by atoms with Gasteiger partial charge in [-0.2, -0.15) is 0 Å². The molecule has 3 nitrogen and oxygen atoms in total. The molecular weight excluding hydrogens is 238 g/mol. The van der Waals surface area contributed by atoms with Crippen LogP contribution in [-0.4, -0.2) is 25.1 Å². The molecular formula is C13H18ClNO2. The molecule has 0 heterocycles. The van der Waals surface area contributed by atoms with Crippen molar-refractivity contribution in [2.75, 3.05) is 14.2 Å². The number of benzene rings is 1. The molecule has 0 aromatic heterocycles. The van der Waals surface area contributed by atoms with Crippen LogP contribution < -0.4 is 0 Å². The number of carbonyl (C=O) groups excluding carboxylic acids is 1. The van der Waals surface area contributed by atoms with E-state index in [4.69, 9.17) is 16.4 Å². The maximum Gasteiger partial charge on any atom is 0.246 e. The van der Waals surface area contributed by atoms with Crippen molar-refractivity contribution in [1.82, 2.24) is 5.06 Å². The highest BCUT2D eigenvalue weighted by atomic mass is 35.5. The summed E-state index contributed by atoms with van der Waals surface area (Å²) in [6, 6.07) is 7.59. The molecule has 0 atom stereocenters. The van der Waals surface area contributed by atoms with Crippen molar-refractivity contribution in [1.29, 1.82) is 0 Å². The van der Waals surface area contributed by atoms with Gasteiger partial charge in [-0.1, -0.05) is 37.6 Å². The van der Waals surface area contributed by atoms with Gasteiger partial charge in [-0.15, -0.1) is 0 Å². The van der Waals surface area contributed by atoms with E-state index in [0.717, 1.165) is 5.56 Å². The van der Waals surface area contributed by atoms with Crippen LogP contribution in [0.15, 0.2) is 24.3 Å². The Morgan fingerprint density at radius 3 is 2.65 bits per heavy atom. The molecule has 1 aromatic rings. The van der Waals surface area contributed by atoms with Gasteiger partial charge in [-0.25, -0.2) is 5.06 Å². The molecule has 1 rings (SSSR count). The van der Waals surface area contributed by atoms with Gasteiger partial charge in [0, 0.05) is 18.5 Å². The van der Waals surface area contributed by atoms with Gasteiger partial charge in [0.15, 0.2) is 0 Å². The monoisotopic (exact) mass is 255 g/mol. The van der Waals surface area contributed by atoms with Crippen molar-refractivity contribution in [3.8, 4) is 0 Å². The fraction of sp³-hybridized carbons (Fsp3) is 0.462. The van der Waals surface area contributed by atoms with Crippen molar-refractivity contribution in [3.63, 3.8) is 0 Å². The summed E-state index contributed by atoms with van der Waals surface area (Å²) in [5, 5.41) is 1.93. The summed E-state index contributed by atoms with van der Waals surface area (Å²) < 4.78 is 0. The molecule has 0 saturated carbocycles. The van der Waals surface area contributed by atoms with Gasteiger partial charge in [0.1, 0.15) is 0 Å². The Bertz CT molecular complexity index is 404. The zero-order chi connectivity index (χ0) is 13.1. The SMILES string of the molecule is CON(C)C(=O)CC(C)(C)c1cccc(Cl)c1. The van der Waals surface area contributed by atoms with Crippen LogP contribution in [0, 0.1) is 0 Å². The first-order valence-corrected chi connectivity index (χ1v) is 5.81. The summed E-state index contributed by atoms with van der Waals surface area (Å²) in [5.41, 5.74) is 0.775. The van der Waals surface area contributed by atoms with Gasteiger partial charge in [-0.3, -0.25) is 9.63 Å². The normalized spacial score (nSPS) is 11.4. The number of nitrogens with zero attached hydrogens (tertiary/aromatic N) is 1. The first kappa shape index (κ1) is 14.0. The van der Waals surface area contributed by atoms with Crippen LogP contribution in [-0.2, 0) is 15.0 Å². The van der Waals surface area contributed by atoms with E-state index < -0.39 is 0 Å². The highest BCUT2D eigenvalue weighted by molar-refractivity contribution is 6.30. The van der Waals surface area contributed by atoms with Crippen LogP contribution in [0.2, 0.25) is 5.02 Å². The van der Waals surface area contributed by atoms with Crippen LogP contribution in [0.25, 0.3) is 0 Å². The second-order valence-corrected chi connectivity index (χ2v) is 5.08. The van der Waals surface area contributed by atoms with Crippen molar-refractivity contribution in [2.24, 2.45) is 0 Å². The minimum absolute atomic E-state index is 0.0579. The molecule has 0 unspecified atom stereocenters. The van der Waals surface area contributed by atoms with Crippen molar-refractivity contribution < 1.29 is 9.63 Å². The first-order chi connectivity index (χ1) is 7.86. The summed E-state index contributed by atoms with van der Waals surface area (Å²) in [4.78, 5) is 16.7. The Morgan fingerprint density at radius 1 is 1.47 bits per heavy atom. The van der Waals surface area contributed by atoms with Gasteiger partial charge in [0.2, 0.25) is 5.91 Å². The molecule has 0 N–H and O–H groups in total. The van der Waals surface area contributed by atoms with E-state index in [2.05, 4.69) is 0 Å². The third-order valence-corrected chi connectivity index (χ3v) is 3.06. The van der Waals surface area contributed by atoms with Crippen molar-refractivity contribution in [3.05, 3.63) is 34.9 Å². The Hall–Kier alpha value is -1.06. The molecule has 0 spiro atoms. The first-order valence-electron chi connectivity index (χ1n) is 5.43. The second kappa shape index (κ2) is 5.52. The Labute approximate surface area is 107 Å². The average molecular weight is 256 g/mol. The molecule has 0 aliphatic carbocycles. The fourth-order valence-corrected chi connectivity index (χ4v) is 1.79. The lowest BCUT2D eigenvalue weighted by molar-refractivity contribution is -0.169. The lowest BCUT2D eigenvalue weighted by Gasteiger charge is -2.26. The van der Waals surface area contributed by atoms with Gasteiger partial charge < -0.3 is 0 Å². The summed E-state index contributed by atoms with van der Waals surface area (Å²) in [5.74, 6) is -0.0579. The Balaban J connectivity index is 2.85. The lowest BCUT2D eigenvalue weighted by Crippen LogP contribution is -2.32. The van der Waals surface area contributed by atoms with Crippen LogP contribution in [0.4, 0.5) is 0 Å². The molecule has 0 radical (unpaired) electrons. The smallest absolute Gasteiger partial charge is 0.246 e. The quantitative estimate of drug-likeness (QED) is 0.774.